The van der Waals surface area contributed by atoms with Crippen molar-refractivity contribution >= 4 is 17.7 Å². The van der Waals surface area contributed by atoms with E-state index in [0.29, 0.717) is 18.5 Å². The van der Waals surface area contributed by atoms with Crippen molar-refractivity contribution in [2.45, 2.75) is 58.0 Å². The standard InChI is InChI=1S/C21H36N4S/c1-6-22-21(23-13-18-8-7-11-25(15-18)16(2)3)24-14-19-10-9-17(4)12-20(19)26-5/h9-10,12,16,18H,6-8,11,13-15H2,1-5H3,(H2,22,23,24). The van der Waals surface area contributed by atoms with Crippen LogP contribution in [0, 0.1) is 12.8 Å². The van der Waals surface area contributed by atoms with E-state index in [2.05, 4.69) is 67.7 Å². The third kappa shape index (κ3) is 6.51. The van der Waals surface area contributed by atoms with Gasteiger partial charge in [-0.1, -0.05) is 12.1 Å². The molecule has 0 bridgehead atoms. The summed E-state index contributed by atoms with van der Waals surface area (Å²) in [5.74, 6) is 1.64. The Morgan fingerprint density at radius 3 is 2.85 bits per heavy atom. The average Bonchev–Trinajstić information content (AvgIpc) is 2.64. The molecule has 1 atom stereocenters. The van der Waals surface area contributed by atoms with Crippen molar-refractivity contribution in [2.24, 2.45) is 10.9 Å². The number of likely N-dealkylation sites (tertiary alicyclic amines) is 1. The van der Waals surface area contributed by atoms with Gasteiger partial charge in [0.25, 0.3) is 0 Å². The molecule has 146 valence electrons. The van der Waals surface area contributed by atoms with E-state index in [4.69, 9.17) is 4.99 Å². The van der Waals surface area contributed by atoms with E-state index in [-0.39, 0.29) is 0 Å². The van der Waals surface area contributed by atoms with Crippen LogP contribution in [0.2, 0.25) is 0 Å². The molecule has 0 saturated carbocycles. The molecule has 0 amide bonds. The van der Waals surface area contributed by atoms with Crippen LogP contribution in [0.5, 0.6) is 0 Å². The van der Waals surface area contributed by atoms with Crippen molar-refractivity contribution in [2.75, 3.05) is 32.4 Å². The van der Waals surface area contributed by atoms with Crippen molar-refractivity contribution in [1.29, 1.82) is 0 Å². The first-order valence-electron chi connectivity index (χ1n) is 9.93. The van der Waals surface area contributed by atoms with Crippen molar-refractivity contribution in [3.05, 3.63) is 29.3 Å². The molecule has 1 unspecified atom stereocenters. The van der Waals surface area contributed by atoms with Gasteiger partial charge in [0.2, 0.25) is 0 Å². The van der Waals surface area contributed by atoms with Crippen molar-refractivity contribution in [3.8, 4) is 0 Å². The molecule has 0 aliphatic carbocycles. The second kappa shape index (κ2) is 10.8. The highest BCUT2D eigenvalue weighted by molar-refractivity contribution is 7.98. The summed E-state index contributed by atoms with van der Waals surface area (Å²) in [5, 5.41) is 6.97. The first kappa shape index (κ1) is 21.1. The first-order valence-corrected chi connectivity index (χ1v) is 11.2. The lowest BCUT2D eigenvalue weighted by atomic mass is 9.97. The van der Waals surface area contributed by atoms with E-state index in [1.54, 1.807) is 11.8 Å². The quantitative estimate of drug-likeness (QED) is 0.430. The zero-order chi connectivity index (χ0) is 18.9. The monoisotopic (exact) mass is 376 g/mol. The van der Waals surface area contributed by atoms with Gasteiger partial charge in [-0.3, -0.25) is 0 Å². The molecule has 1 fully saturated rings. The SMILES string of the molecule is CCNC(=NCc1ccc(C)cc1SC)NCC1CCCN(C(C)C)C1. The molecule has 1 aromatic carbocycles. The maximum absolute atomic E-state index is 4.83. The Morgan fingerprint density at radius 1 is 1.35 bits per heavy atom. The van der Waals surface area contributed by atoms with Gasteiger partial charge in [-0.05, 0) is 76.4 Å². The molecule has 1 saturated heterocycles. The summed E-state index contributed by atoms with van der Waals surface area (Å²) < 4.78 is 0. The fraction of sp³-hybridized carbons (Fsp3) is 0.667. The number of aliphatic imine (C=N–C) groups is 1. The van der Waals surface area contributed by atoms with Crippen LogP contribution < -0.4 is 10.6 Å². The molecule has 1 aliphatic rings. The number of hydrogen-bond donors (Lipinski definition) is 2. The van der Waals surface area contributed by atoms with E-state index in [9.17, 15) is 0 Å². The number of nitrogens with zero attached hydrogens (tertiary/aromatic N) is 2. The molecule has 1 aromatic rings. The molecule has 0 aromatic heterocycles. The third-order valence-corrected chi connectivity index (χ3v) is 5.85. The Morgan fingerprint density at radius 2 is 2.15 bits per heavy atom. The van der Waals surface area contributed by atoms with Crippen molar-refractivity contribution < 1.29 is 0 Å². The van der Waals surface area contributed by atoms with Gasteiger partial charge in [0, 0.05) is 30.6 Å². The van der Waals surface area contributed by atoms with Gasteiger partial charge < -0.3 is 15.5 Å². The van der Waals surface area contributed by atoms with Crippen LogP contribution in [0.4, 0.5) is 0 Å². The molecule has 1 heterocycles. The summed E-state index contributed by atoms with van der Waals surface area (Å²) in [7, 11) is 0. The summed E-state index contributed by atoms with van der Waals surface area (Å²) in [5.41, 5.74) is 2.60. The van der Waals surface area contributed by atoms with Gasteiger partial charge in [-0.15, -0.1) is 11.8 Å². The lowest BCUT2D eigenvalue weighted by molar-refractivity contribution is 0.141. The fourth-order valence-electron chi connectivity index (χ4n) is 3.46. The normalized spacial score (nSPS) is 19.0. The summed E-state index contributed by atoms with van der Waals surface area (Å²) in [6.07, 6.45) is 4.75. The zero-order valence-corrected chi connectivity index (χ0v) is 18.0. The van der Waals surface area contributed by atoms with E-state index < -0.39 is 0 Å². The lowest BCUT2D eigenvalue weighted by Crippen LogP contribution is -2.46. The number of thioether (sulfide) groups is 1. The molecule has 4 nitrogen and oxygen atoms in total. The third-order valence-electron chi connectivity index (χ3n) is 5.03. The minimum Gasteiger partial charge on any atom is -0.357 e. The largest absolute Gasteiger partial charge is 0.357 e. The highest BCUT2D eigenvalue weighted by Crippen LogP contribution is 2.22. The molecule has 1 aliphatic heterocycles. The molecule has 5 heteroatoms. The van der Waals surface area contributed by atoms with Gasteiger partial charge in [0.05, 0.1) is 6.54 Å². The molecule has 0 spiro atoms. The van der Waals surface area contributed by atoms with Crippen LogP contribution in [-0.4, -0.2) is 49.3 Å². The summed E-state index contributed by atoms with van der Waals surface area (Å²) >= 11 is 1.80. The number of aryl methyl sites for hydroxylation is 1. The Hall–Kier alpha value is -1.20. The number of benzene rings is 1. The minimum absolute atomic E-state index is 0.645. The predicted octanol–water partition coefficient (Wildman–Crippen LogP) is 3.89. The van der Waals surface area contributed by atoms with Gasteiger partial charge in [-0.25, -0.2) is 4.99 Å². The Balaban J connectivity index is 1.94. The highest BCUT2D eigenvalue weighted by Gasteiger charge is 2.21. The van der Waals surface area contributed by atoms with Crippen LogP contribution in [0.3, 0.4) is 0 Å². The minimum atomic E-state index is 0.645. The molecule has 2 N–H and O–H groups in total. The molecule has 26 heavy (non-hydrogen) atoms. The summed E-state index contributed by atoms with van der Waals surface area (Å²) in [4.78, 5) is 8.75. The molecule has 0 radical (unpaired) electrons. The van der Waals surface area contributed by atoms with E-state index >= 15 is 0 Å². The Bertz CT molecular complexity index is 585. The molecular weight excluding hydrogens is 340 g/mol. The topological polar surface area (TPSA) is 39.7 Å². The number of rotatable bonds is 7. The van der Waals surface area contributed by atoms with Crippen molar-refractivity contribution in [1.82, 2.24) is 15.5 Å². The van der Waals surface area contributed by atoms with Gasteiger partial charge in [0.15, 0.2) is 5.96 Å². The van der Waals surface area contributed by atoms with Crippen LogP contribution in [0.25, 0.3) is 0 Å². The second-order valence-corrected chi connectivity index (χ2v) is 8.34. The zero-order valence-electron chi connectivity index (χ0n) is 17.1. The summed E-state index contributed by atoms with van der Waals surface area (Å²) in [6.45, 7) is 13.9. The Kier molecular flexibility index (Phi) is 8.79. The number of guanidine groups is 1. The van der Waals surface area contributed by atoms with Gasteiger partial charge >= 0.3 is 0 Å². The van der Waals surface area contributed by atoms with E-state index in [1.807, 2.05) is 0 Å². The summed E-state index contributed by atoms with van der Waals surface area (Å²) in [6, 6.07) is 7.27. The van der Waals surface area contributed by atoms with Crippen molar-refractivity contribution in [3.63, 3.8) is 0 Å². The highest BCUT2D eigenvalue weighted by atomic mass is 32.2. The van der Waals surface area contributed by atoms with Crippen LogP contribution in [-0.2, 0) is 6.54 Å². The van der Waals surface area contributed by atoms with Gasteiger partial charge in [-0.2, -0.15) is 0 Å². The van der Waals surface area contributed by atoms with E-state index in [0.717, 1.165) is 19.0 Å². The molecular formula is C21H36N4S. The smallest absolute Gasteiger partial charge is 0.191 e. The Labute approximate surface area is 164 Å². The molecule has 2 rings (SSSR count). The lowest BCUT2D eigenvalue weighted by Gasteiger charge is -2.35. The average molecular weight is 377 g/mol. The fourth-order valence-corrected chi connectivity index (χ4v) is 4.16. The van der Waals surface area contributed by atoms with Gasteiger partial charge in [0.1, 0.15) is 0 Å². The van der Waals surface area contributed by atoms with Crippen LogP contribution in [0.1, 0.15) is 44.7 Å². The van der Waals surface area contributed by atoms with Crippen LogP contribution in [0.15, 0.2) is 28.1 Å². The van der Waals surface area contributed by atoms with E-state index in [1.165, 1.54) is 42.0 Å². The maximum atomic E-state index is 4.83. The predicted molar refractivity (Wildman–Crippen MR) is 115 cm³/mol. The maximum Gasteiger partial charge on any atom is 0.191 e. The second-order valence-electron chi connectivity index (χ2n) is 7.49. The number of piperidine rings is 1. The first-order chi connectivity index (χ1) is 12.5. The number of nitrogens with one attached hydrogen (secondary N) is 2. The van der Waals surface area contributed by atoms with Crippen LogP contribution >= 0.6 is 11.8 Å². The number of hydrogen-bond acceptors (Lipinski definition) is 3.